The van der Waals surface area contributed by atoms with Crippen LogP contribution in [0, 0.1) is 5.92 Å². The fraction of sp³-hybridized carbons (Fsp3) is 0.474. The van der Waals surface area contributed by atoms with Gasteiger partial charge in [-0.1, -0.05) is 13.8 Å². The lowest BCUT2D eigenvalue weighted by Crippen LogP contribution is -2.36. The third-order valence-electron chi connectivity index (χ3n) is 5.24. The molecule has 0 aromatic carbocycles. The van der Waals surface area contributed by atoms with Crippen LogP contribution in [-0.4, -0.2) is 47.7 Å². The van der Waals surface area contributed by atoms with E-state index in [9.17, 15) is 26.7 Å². The van der Waals surface area contributed by atoms with Crippen LogP contribution < -0.4 is 11.1 Å². The molecule has 0 radical (unpaired) electrons. The summed E-state index contributed by atoms with van der Waals surface area (Å²) in [5.41, 5.74) is 5.91. The molecule has 0 bridgehead atoms. The number of nitrogens with one attached hydrogen (secondary N) is 1. The van der Waals surface area contributed by atoms with E-state index in [-0.39, 0.29) is 46.0 Å². The highest BCUT2D eigenvalue weighted by Crippen LogP contribution is 2.41. The smallest absolute Gasteiger partial charge is 0.383 e. The maximum atomic E-state index is 13.5. The molecule has 1 unspecified atom stereocenters. The van der Waals surface area contributed by atoms with Crippen LogP contribution in [0.1, 0.15) is 41.7 Å². The van der Waals surface area contributed by atoms with Gasteiger partial charge in [0.2, 0.25) is 5.91 Å². The molecule has 0 saturated carbocycles. The molecule has 4 rings (SSSR count). The molecule has 0 spiro atoms. The van der Waals surface area contributed by atoms with E-state index >= 15 is 0 Å². The lowest BCUT2D eigenvalue weighted by atomic mass is 9.91. The second kappa shape index (κ2) is 7.56. The van der Waals surface area contributed by atoms with Crippen LogP contribution in [-0.2, 0) is 18.2 Å². The first kappa shape index (κ1) is 19.1. The molecule has 3 aromatic heterocycles. The number of hydrogen-bond acceptors (Lipinski definition) is 7. The second-order valence-electron chi connectivity index (χ2n) is 7.89. The number of nitrogen functional groups attached to an aromatic ring is 1. The van der Waals surface area contributed by atoms with Gasteiger partial charge in [0.05, 0.1) is 17.5 Å². The van der Waals surface area contributed by atoms with Crippen molar-refractivity contribution < 1.29 is 30.9 Å². The monoisotopic (exact) mass is 473 g/mol. The second-order valence-corrected chi connectivity index (χ2v) is 7.89. The number of hydrogen-bond donors (Lipinski definition) is 2. The number of alkyl halides is 5. The predicted molar refractivity (Wildman–Crippen MR) is 107 cm³/mol. The molecule has 1 aliphatic rings. The van der Waals surface area contributed by atoms with Crippen molar-refractivity contribution in [3.8, 4) is 11.5 Å². The summed E-state index contributed by atoms with van der Waals surface area (Å²) < 4.78 is 88.4. The molecular weight excluding hydrogens is 451 g/mol. The summed E-state index contributed by atoms with van der Waals surface area (Å²) in [6.07, 6.45) is -7.34. The Morgan fingerprint density at radius 2 is 1.94 bits per heavy atom. The zero-order valence-corrected chi connectivity index (χ0v) is 17.2. The Kier molecular flexibility index (Phi) is 4.36. The number of aromatic nitrogens is 6. The summed E-state index contributed by atoms with van der Waals surface area (Å²) >= 11 is 0. The van der Waals surface area contributed by atoms with Gasteiger partial charge in [0.25, 0.3) is 0 Å². The Morgan fingerprint density at radius 3 is 2.58 bits per heavy atom. The van der Waals surface area contributed by atoms with Gasteiger partial charge >= 0.3 is 12.1 Å². The van der Waals surface area contributed by atoms with Crippen LogP contribution in [0.2, 0.25) is 0 Å². The van der Waals surface area contributed by atoms with Gasteiger partial charge in [0, 0.05) is 29.5 Å². The first-order valence-electron chi connectivity index (χ1n) is 11.2. The van der Waals surface area contributed by atoms with E-state index in [2.05, 4.69) is 30.4 Å². The van der Waals surface area contributed by atoms with Crippen molar-refractivity contribution in [2.75, 3.05) is 11.1 Å². The number of amides is 1. The molecule has 33 heavy (non-hydrogen) atoms. The normalized spacial score (nSPS) is 18.2. The molecule has 0 fully saturated rings. The number of fused-ring (bicyclic) bond motifs is 2. The largest absolute Gasteiger partial charge is 0.453 e. The fourth-order valence-electron chi connectivity index (χ4n) is 3.60. The lowest BCUT2D eigenvalue weighted by Gasteiger charge is -2.19. The van der Waals surface area contributed by atoms with Gasteiger partial charge in [0.15, 0.2) is 11.5 Å². The Bertz CT molecular complexity index is 1360. The predicted octanol–water partition coefficient (Wildman–Crippen LogP) is 3.22. The molecule has 1 atom stereocenters. The van der Waals surface area contributed by atoms with Crippen molar-refractivity contribution in [2.24, 2.45) is 12.9 Å². The minimum absolute atomic E-state index is 0.0125. The van der Waals surface area contributed by atoms with Crippen molar-refractivity contribution in [3.63, 3.8) is 0 Å². The average Bonchev–Trinajstić information content (AvgIpc) is 3.31. The summed E-state index contributed by atoms with van der Waals surface area (Å²) in [6, 6.07) is 0. The van der Waals surface area contributed by atoms with E-state index in [1.807, 2.05) is 0 Å². The molecular formula is C19H19F5N8O. The summed E-state index contributed by atoms with van der Waals surface area (Å²) in [5.74, 6) is -6.90. The number of halogens is 5. The van der Waals surface area contributed by atoms with Gasteiger partial charge in [0.1, 0.15) is 23.2 Å². The number of nitrogens with two attached hydrogens (primary N) is 1. The van der Waals surface area contributed by atoms with Crippen LogP contribution in [0.5, 0.6) is 0 Å². The van der Waals surface area contributed by atoms with Crippen molar-refractivity contribution in [1.82, 2.24) is 29.7 Å². The zero-order valence-electron chi connectivity index (χ0n) is 20.2. The fourth-order valence-corrected chi connectivity index (χ4v) is 3.60. The molecule has 1 aliphatic heterocycles. The summed E-state index contributed by atoms with van der Waals surface area (Å²) in [5, 5.41) is 6.32. The number of anilines is 2. The van der Waals surface area contributed by atoms with Gasteiger partial charge in [-0.2, -0.15) is 27.1 Å². The summed E-state index contributed by atoms with van der Waals surface area (Å²) in [4.78, 5) is 28.8. The van der Waals surface area contributed by atoms with E-state index in [0.717, 1.165) is 6.20 Å². The van der Waals surface area contributed by atoms with E-state index in [4.69, 9.17) is 9.85 Å². The molecule has 0 saturated heterocycles. The molecule has 4 heterocycles. The molecule has 0 aliphatic carbocycles. The quantitative estimate of drug-likeness (QED) is 0.545. The molecule has 3 N–H and O–H groups in total. The lowest BCUT2D eigenvalue weighted by molar-refractivity contribution is -0.284. The molecule has 14 heteroatoms. The van der Waals surface area contributed by atoms with Crippen LogP contribution >= 0.6 is 0 Å². The minimum Gasteiger partial charge on any atom is -0.383 e. The minimum atomic E-state index is -5.79. The van der Waals surface area contributed by atoms with Crippen LogP contribution in [0.25, 0.3) is 22.6 Å². The number of aryl methyl sites for hydroxylation is 2. The van der Waals surface area contributed by atoms with Gasteiger partial charge < -0.3 is 11.1 Å². The molecule has 176 valence electrons. The van der Waals surface area contributed by atoms with Crippen LogP contribution in [0.15, 0.2) is 6.20 Å². The zero-order chi connectivity index (χ0) is 26.8. The third-order valence-corrected chi connectivity index (χ3v) is 5.24. The molecule has 9 nitrogen and oxygen atoms in total. The highest BCUT2D eigenvalue weighted by atomic mass is 19.4. The number of rotatable bonds is 5. The maximum absolute atomic E-state index is 13.5. The topological polar surface area (TPSA) is 124 Å². The number of carbonyl (C=O) groups excluding carboxylic acids is 1. The third kappa shape index (κ3) is 3.82. The number of nitrogens with zero attached hydrogens (tertiary/aromatic N) is 6. The van der Waals surface area contributed by atoms with Crippen molar-refractivity contribution >= 4 is 28.6 Å². The van der Waals surface area contributed by atoms with Crippen molar-refractivity contribution in [2.45, 2.75) is 44.7 Å². The average molecular weight is 473 g/mol. The Labute approximate surface area is 187 Å². The first-order chi connectivity index (χ1) is 16.5. The Morgan fingerprint density at radius 1 is 1.21 bits per heavy atom. The molecule has 1 amide bonds. The highest BCUT2D eigenvalue weighted by molar-refractivity contribution is 6.04. The number of carbonyl (C=O) groups is 1. The van der Waals surface area contributed by atoms with E-state index in [0.29, 0.717) is 10.2 Å². The van der Waals surface area contributed by atoms with Crippen molar-refractivity contribution in [1.29, 1.82) is 0 Å². The molecule has 3 aromatic rings. The summed E-state index contributed by atoms with van der Waals surface area (Å²) in [7, 11) is 0. The van der Waals surface area contributed by atoms with E-state index < -0.39 is 43.7 Å². The maximum Gasteiger partial charge on any atom is 0.453 e. The SMILES string of the molecule is [2H]C([2H])([2H])n1ncc2c(-c3nc(N)c4c(n3)NC(=O)C4C(C)C)nc(CCC(F)(F)C(F)(F)F)nc21. The Hall–Kier alpha value is -3.45. The highest BCUT2D eigenvalue weighted by Gasteiger charge is 2.56. The van der Waals surface area contributed by atoms with Gasteiger partial charge in [-0.15, -0.1) is 0 Å². The van der Waals surface area contributed by atoms with Gasteiger partial charge in [-0.05, 0) is 5.92 Å². The standard InChI is InChI=1S/C19H19F5N8O/c1-7(2)10-11-13(25)29-15(30-14(11)31-17(10)33)12-8-6-26-32(3)16(8)28-9(27-12)4-5-18(20,21)19(22,23)24/h6-7,10H,4-5H2,1-3H3,(H3,25,29,30,31,33)/i3D3. The van der Waals surface area contributed by atoms with E-state index in [1.165, 1.54) is 0 Å². The van der Waals surface area contributed by atoms with Crippen LogP contribution in [0.4, 0.5) is 33.6 Å². The van der Waals surface area contributed by atoms with E-state index in [1.54, 1.807) is 13.8 Å². The Balaban J connectivity index is 1.87. The van der Waals surface area contributed by atoms with Crippen LogP contribution in [0.3, 0.4) is 0 Å². The van der Waals surface area contributed by atoms with Crippen molar-refractivity contribution in [3.05, 3.63) is 17.6 Å². The summed E-state index contributed by atoms with van der Waals surface area (Å²) in [6.45, 7) is 0.747. The van der Waals surface area contributed by atoms with Gasteiger partial charge in [-0.25, -0.2) is 19.9 Å². The van der Waals surface area contributed by atoms with Gasteiger partial charge in [-0.3, -0.25) is 9.48 Å². The first-order valence-corrected chi connectivity index (χ1v) is 9.69.